The average Bonchev–Trinajstić information content (AvgIpc) is 2.45. The lowest BCUT2D eigenvalue weighted by atomic mass is 10.2. The van der Waals surface area contributed by atoms with E-state index in [1.165, 1.54) is 12.3 Å². The van der Waals surface area contributed by atoms with E-state index in [-0.39, 0.29) is 12.4 Å². The highest BCUT2D eigenvalue weighted by Crippen LogP contribution is 2.08. The Hall–Kier alpha value is -2.69. The molecule has 0 aliphatic rings. The Balaban J connectivity index is 1.96. The third kappa shape index (κ3) is 3.38. The molecule has 0 saturated carbocycles. The molecule has 5 nitrogen and oxygen atoms in total. The predicted molar refractivity (Wildman–Crippen MR) is 69.7 cm³/mol. The Morgan fingerprint density at radius 1 is 1.16 bits per heavy atom. The Bertz CT molecular complexity index is 597. The van der Waals surface area contributed by atoms with Gasteiger partial charge < -0.3 is 10.5 Å². The average molecular weight is 256 g/mol. The molecule has 0 radical (unpaired) electrons. The molecule has 1 aromatic carbocycles. The van der Waals surface area contributed by atoms with Crippen molar-refractivity contribution in [3.05, 3.63) is 59.9 Å². The van der Waals surface area contributed by atoms with E-state index >= 15 is 0 Å². The normalized spacial score (nSPS) is 9.89. The summed E-state index contributed by atoms with van der Waals surface area (Å²) in [5.41, 5.74) is 6.75. The van der Waals surface area contributed by atoms with Crippen molar-refractivity contribution >= 4 is 17.4 Å². The van der Waals surface area contributed by atoms with Crippen LogP contribution in [0.4, 0.5) is 5.69 Å². The standard InChI is InChI=1S/C14H12N2O3/c15-12-5-1-3-10(7-12)14(18)19-9-13(17)11-4-2-6-16-8-11/h1-8H,9,15H2. The van der Waals surface area contributed by atoms with Gasteiger partial charge in [0.15, 0.2) is 6.61 Å². The van der Waals surface area contributed by atoms with E-state index < -0.39 is 5.97 Å². The number of ketones is 1. The first-order chi connectivity index (χ1) is 9.16. The van der Waals surface area contributed by atoms with Crippen molar-refractivity contribution in [1.82, 2.24) is 4.98 Å². The molecule has 0 saturated heterocycles. The van der Waals surface area contributed by atoms with Crippen LogP contribution in [0, 0.1) is 0 Å². The molecule has 0 amide bonds. The number of benzene rings is 1. The topological polar surface area (TPSA) is 82.3 Å². The van der Waals surface area contributed by atoms with Gasteiger partial charge in [-0.15, -0.1) is 0 Å². The molecular formula is C14H12N2O3. The van der Waals surface area contributed by atoms with Gasteiger partial charge in [-0.25, -0.2) is 4.79 Å². The van der Waals surface area contributed by atoms with E-state index in [1.807, 2.05) is 0 Å². The van der Waals surface area contributed by atoms with Crippen molar-refractivity contribution in [3.63, 3.8) is 0 Å². The summed E-state index contributed by atoms with van der Waals surface area (Å²) in [6.45, 7) is -0.320. The minimum absolute atomic E-state index is 0.301. The zero-order chi connectivity index (χ0) is 13.7. The lowest BCUT2D eigenvalue weighted by Gasteiger charge is -2.04. The number of nitrogen functional groups attached to an aromatic ring is 1. The number of hydrogen-bond acceptors (Lipinski definition) is 5. The number of nitrogens with zero attached hydrogens (tertiary/aromatic N) is 1. The van der Waals surface area contributed by atoms with Crippen LogP contribution in [0.25, 0.3) is 0 Å². The van der Waals surface area contributed by atoms with Crippen molar-refractivity contribution in [2.75, 3.05) is 12.3 Å². The summed E-state index contributed by atoms with van der Waals surface area (Å²) in [5, 5.41) is 0. The van der Waals surface area contributed by atoms with Gasteiger partial charge in [0.05, 0.1) is 5.56 Å². The number of aromatic nitrogens is 1. The predicted octanol–water partition coefficient (Wildman–Crippen LogP) is 1.70. The van der Waals surface area contributed by atoms with E-state index in [9.17, 15) is 9.59 Å². The van der Waals surface area contributed by atoms with Crippen LogP contribution in [0.2, 0.25) is 0 Å². The highest BCUT2D eigenvalue weighted by Gasteiger charge is 2.11. The fourth-order valence-electron chi connectivity index (χ4n) is 1.49. The Morgan fingerprint density at radius 2 is 1.95 bits per heavy atom. The Morgan fingerprint density at radius 3 is 2.63 bits per heavy atom. The smallest absolute Gasteiger partial charge is 0.338 e. The number of nitrogens with two attached hydrogens (primary N) is 1. The molecule has 5 heteroatoms. The molecule has 1 aromatic heterocycles. The van der Waals surface area contributed by atoms with Gasteiger partial charge in [-0.2, -0.15) is 0 Å². The number of anilines is 1. The van der Waals surface area contributed by atoms with Gasteiger partial charge in [-0.1, -0.05) is 6.07 Å². The zero-order valence-corrected chi connectivity index (χ0v) is 10.1. The number of ether oxygens (including phenoxy) is 1. The van der Waals surface area contributed by atoms with Crippen LogP contribution in [-0.2, 0) is 4.74 Å². The summed E-state index contributed by atoms with van der Waals surface area (Å²) >= 11 is 0. The minimum Gasteiger partial charge on any atom is -0.454 e. The number of carbonyl (C=O) groups is 2. The summed E-state index contributed by atoms with van der Waals surface area (Å²) in [5.74, 6) is -0.880. The first-order valence-electron chi connectivity index (χ1n) is 5.63. The van der Waals surface area contributed by atoms with E-state index in [1.54, 1.807) is 36.5 Å². The molecule has 0 bridgehead atoms. The van der Waals surface area contributed by atoms with Crippen LogP contribution in [0.15, 0.2) is 48.8 Å². The SMILES string of the molecule is Nc1cccc(C(=O)OCC(=O)c2cccnc2)c1. The maximum Gasteiger partial charge on any atom is 0.338 e. The van der Waals surface area contributed by atoms with E-state index in [4.69, 9.17) is 10.5 Å². The van der Waals surface area contributed by atoms with Crippen LogP contribution in [0.5, 0.6) is 0 Å². The van der Waals surface area contributed by atoms with Gasteiger partial charge >= 0.3 is 5.97 Å². The molecule has 2 N–H and O–H groups in total. The van der Waals surface area contributed by atoms with Gasteiger partial charge in [-0.05, 0) is 30.3 Å². The van der Waals surface area contributed by atoms with Crippen LogP contribution in [0.1, 0.15) is 20.7 Å². The number of esters is 1. The highest BCUT2D eigenvalue weighted by atomic mass is 16.5. The summed E-state index contributed by atoms with van der Waals surface area (Å²) in [6, 6.07) is 9.65. The van der Waals surface area contributed by atoms with Crippen LogP contribution in [-0.4, -0.2) is 23.3 Å². The molecule has 0 unspecified atom stereocenters. The van der Waals surface area contributed by atoms with E-state index in [0.29, 0.717) is 16.8 Å². The fourth-order valence-corrected chi connectivity index (χ4v) is 1.49. The van der Waals surface area contributed by atoms with Gasteiger partial charge in [-0.3, -0.25) is 9.78 Å². The van der Waals surface area contributed by atoms with Gasteiger partial charge in [0.1, 0.15) is 0 Å². The van der Waals surface area contributed by atoms with Crippen LogP contribution >= 0.6 is 0 Å². The second-order valence-electron chi connectivity index (χ2n) is 3.87. The van der Waals surface area contributed by atoms with Crippen LogP contribution in [0.3, 0.4) is 0 Å². The molecule has 0 spiro atoms. The van der Waals surface area contributed by atoms with E-state index in [2.05, 4.69) is 4.98 Å². The summed E-state index contributed by atoms with van der Waals surface area (Å²) in [6.07, 6.45) is 2.99. The molecule has 0 aliphatic heterocycles. The number of Topliss-reactive ketones (excluding diaryl/α,β-unsaturated/α-hetero) is 1. The molecule has 2 rings (SSSR count). The lowest BCUT2D eigenvalue weighted by Crippen LogP contribution is -2.14. The monoisotopic (exact) mass is 256 g/mol. The maximum absolute atomic E-state index is 11.7. The maximum atomic E-state index is 11.7. The van der Waals surface area contributed by atoms with Crippen molar-refractivity contribution in [2.45, 2.75) is 0 Å². The molecule has 0 atom stereocenters. The number of hydrogen-bond donors (Lipinski definition) is 1. The van der Waals surface area contributed by atoms with Crippen molar-refractivity contribution in [1.29, 1.82) is 0 Å². The highest BCUT2D eigenvalue weighted by molar-refractivity contribution is 5.99. The molecule has 0 aliphatic carbocycles. The molecule has 2 aromatic rings. The Kier molecular flexibility index (Phi) is 3.87. The van der Waals surface area contributed by atoms with E-state index in [0.717, 1.165) is 0 Å². The second kappa shape index (κ2) is 5.77. The number of rotatable bonds is 4. The van der Waals surface area contributed by atoms with Gasteiger partial charge in [0, 0.05) is 23.6 Å². The fraction of sp³-hybridized carbons (Fsp3) is 0.0714. The molecule has 96 valence electrons. The number of carbonyl (C=O) groups excluding carboxylic acids is 2. The number of pyridine rings is 1. The van der Waals surface area contributed by atoms with Crippen LogP contribution < -0.4 is 5.73 Å². The largest absolute Gasteiger partial charge is 0.454 e. The lowest BCUT2D eigenvalue weighted by molar-refractivity contribution is 0.0474. The minimum atomic E-state index is -0.579. The van der Waals surface area contributed by atoms with Gasteiger partial charge in [0.25, 0.3) is 0 Å². The zero-order valence-electron chi connectivity index (χ0n) is 10.1. The molecular weight excluding hydrogens is 244 g/mol. The summed E-state index contributed by atoms with van der Waals surface area (Å²) in [7, 11) is 0. The summed E-state index contributed by atoms with van der Waals surface area (Å²) in [4.78, 5) is 27.2. The Labute approximate surface area is 110 Å². The van der Waals surface area contributed by atoms with Crippen molar-refractivity contribution < 1.29 is 14.3 Å². The first kappa shape index (κ1) is 12.8. The van der Waals surface area contributed by atoms with Crippen molar-refractivity contribution in [2.24, 2.45) is 0 Å². The second-order valence-corrected chi connectivity index (χ2v) is 3.87. The quantitative estimate of drug-likeness (QED) is 0.511. The van der Waals surface area contributed by atoms with Crippen molar-refractivity contribution in [3.8, 4) is 0 Å². The molecule has 19 heavy (non-hydrogen) atoms. The summed E-state index contributed by atoms with van der Waals surface area (Å²) < 4.78 is 4.93. The van der Waals surface area contributed by atoms with Gasteiger partial charge in [0.2, 0.25) is 5.78 Å². The molecule has 0 fully saturated rings. The first-order valence-corrected chi connectivity index (χ1v) is 5.63. The third-order valence-corrected chi connectivity index (χ3v) is 2.44. The molecule has 1 heterocycles. The third-order valence-electron chi connectivity index (χ3n) is 2.44.